The molecular formula is C31H32ClF4N5O6. The Morgan fingerprint density at radius 3 is 2.53 bits per heavy atom. The third-order valence-electron chi connectivity index (χ3n) is 7.03. The Balaban J connectivity index is 0.000000435. The second-order valence-corrected chi connectivity index (χ2v) is 9.87. The van der Waals surface area contributed by atoms with Crippen LogP contribution in [0.3, 0.4) is 0 Å². The number of aromatic carboxylic acids is 1. The summed E-state index contributed by atoms with van der Waals surface area (Å²) in [5, 5.41) is 24.8. The number of benzene rings is 2. The number of hydrogen-bond donors (Lipinski definition) is 4. The number of carbonyl (C=O) groups excluding carboxylic acids is 2. The van der Waals surface area contributed by atoms with Gasteiger partial charge in [-0.05, 0) is 60.2 Å². The van der Waals surface area contributed by atoms with Crippen LogP contribution >= 0.6 is 12.4 Å². The summed E-state index contributed by atoms with van der Waals surface area (Å²) in [6.45, 7) is 5.48. The maximum absolute atomic E-state index is 13.9. The summed E-state index contributed by atoms with van der Waals surface area (Å²) in [6.07, 6.45) is -0.956. The van der Waals surface area contributed by atoms with Crippen molar-refractivity contribution in [2.45, 2.75) is 46.0 Å². The van der Waals surface area contributed by atoms with Crippen molar-refractivity contribution >= 4 is 35.9 Å². The molecule has 0 spiro atoms. The standard InChI is InChI=1S/C22H19FN4O5.C8H8F3NO.CH4.ClH/c1-3-8-32-22(31)13-4-5-14-12(11(13)2)6-7-16(14)26-20(28)18-9-17(21(29)30)25-19-15(23)10-24-27(18)19;9-8(10,11)6-3-5(4-12)1-2-7(6)13;;/h3-5,9-10,16H,1,6-8H2,2H3,(H,26,28)(H,29,30);1-3,13H,4,12H2;1H4;1H/t16-;;;/m0.../s1. The molecule has 2 aromatic heterocycles. The largest absolute Gasteiger partial charge is 0.507 e. The van der Waals surface area contributed by atoms with Gasteiger partial charge in [-0.3, -0.25) is 4.79 Å². The first-order valence-corrected chi connectivity index (χ1v) is 13.3. The first kappa shape index (κ1) is 38.2. The summed E-state index contributed by atoms with van der Waals surface area (Å²) in [5.74, 6) is -4.06. The molecule has 1 amide bonds. The van der Waals surface area contributed by atoms with Crippen molar-refractivity contribution in [2.24, 2.45) is 5.73 Å². The van der Waals surface area contributed by atoms with E-state index in [9.17, 15) is 37.1 Å². The van der Waals surface area contributed by atoms with Crippen LogP contribution in [0.15, 0.2) is 55.3 Å². The first-order valence-electron chi connectivity index (χ1n) is 13.3. The van der Waals surface area contributed by atoms with Crippen LogP contribution in [0.25, 0.3) is 5.65 Å². The minimum Gasteiger partial charge on any atom is -0.507 e. The maximum atomic E-state index is 13.9. The third kappa shape index (κ3) is 8.23. The highest BCUT2D eigenvalue weighted by Gasteiger charge is 2.34. The van der Waals surface area contributed by atoms with Gasteiger partial charge in [-0.1, -0.05) is 32.2 Å². The van der Waals surface area contributed by atoms with Gasteiger partial charge in [0, 0.05) is 12.6 Å². The molecule has 0 aliphatic heterocycles. The molecule has 1 aliphatic carbocycles. The average molecular weight is 682 g/mol. The Morgan fingerprint density at radius 1 is 1.21 bits per heavy atom. The number of fused-ring (bicyclic) bond motifs is 2. The average Bonchev–Trinajstić information content (AvgIpc) is 3.59. The number of aromatic nitrogens is 3. The molecule has 0 saturated heterocycles. The van der Waals surface area contributed by atoms with Crippen molar-refractivity contribution in [3.8, 4) is 5.75 Å². The number of nitrogens with two attached hydrogens (primary N) is 1. The van der Waals surface area contributed by atoms with Crippen molar-refractivity contribution in [1.29, 1.82) is 0 Å². The number of rotatable bonds is 7. The molecule has 5 N–H and O–H groups in total. The summed E-state index contributed by atoms with van der Waals surface area (Å²) < 4.78 is 56.5. The number of carbonyl (C=O) groups is 3. The number of phenolic OH excluding ortho intramolecular Hbond substituents is 1. The van der Waals surface area contributed by atoms with Gasteiger partial charge in [0.2, 0.25) is 0 Å². The molecule has 0 fully saturated rings. The lowest BCUT2D eigenvalue weighted by atomic mass is 9.98. The lowest BCUT2D eigenvalue weighted by Crippen LogP contribution is -2.29. The lowest BCUT2D eigenvalue weighted by Gasteiger charge is -2.16. The molecule has 0 radical (unpaired) electrons. The number of amides is 1. The van der Waals surface area contributed by atoms with Gasteiger partial charge in [-0.25, -0.2) is 23.5 Å². The summed E-state index contributed by atoms with van der Waals surface area (Å²) in [6, 6.07) is 7.29. The van der Waals surface area contributed by atoms with Crippen molar-refractivity contribution in [1.82, 2.24) is 19.9 Å². The van der Waals surface area contributed by atoms with Crippen LogP contribution in [0, 0.1) is 12.7 Å². The van der Waals surface area contributed by atoms with Gasteiger partial charge in [0.1, 0.15) is 18.1 Å². The van der Waals surface area contributed by atoms with E-state index in [0.29, 0.717) is 24.0 Å². The summed E-state index contributed by atoms with van der Waals surface area (Å²) in [4.78, 5) is 40.3. The smallest absolute Gasteiger partial charge is 0.419 e. The Morgan fingerprint density at radius 2 is 1.91 bits per heavy atom. The van der Waals surface area contributed by atoms with E-state index in [1.165, 1.54) is 12.1 Å². The zero-order valence-electron chi connectivity index (χ0n) is 24.1. The normalized spacial score (nSPS) is 13.3. The summed E-state index contributed by atoms with van der Waals surface area (Å²) in [5.41, 5.74) is 6.52. The number of carboxylic acid groups (broad SMARTS) is 1. The molecule has 2 heterocycles. The van der Waals surface area contributed by atoms with E-state index >= 15 is 0 Å². The number of hydrogen-bond acceptors (Lipinski definition) is 8. The van der Waals surface area contributed by atoms with Gasteiger partial charge < -0.3 is 26.0 Å². The van der Waals surface area contributed by atoms with Crippen LogP contribution < -0.4 is 11.1 Å². The zero-order chi connectivity index (χ0) is 33.1. The number of carboxylic acids is 1. The molecular weight excluding hydrogens is 650 g/mol. The second kappa shape index (κ2) is 15.5. The SMILES string of the molecule is C.C=CCOC(=O)c1ccc2c(c1C)CC[C@@H]2NC(=O)c1cc(C(=O)O)nc2c(F)cnn12.Cl.NCc1ccc(O)c(C(F)(F)F)c1. The van der Waals surface area contributed by atoms with E-state index in [4.69, 9.17) is 15.6 Å². The molecule has 11 nitrogen and oxygen atoms in total. The monoisotopic (exact) mass is 681 g/mol. The van der Waals surface area contributed by atoms with Gasteiger partial charge in [0.05, 0.1) is 23.4 Å². The van der Waals surface area contributed by atoms with Crippen LogP contribution in [0.2, 0.25) is 0 Å². The Hall–Kier alpha value is -5.02. The lowest BCUT2D eigenvalue weighted by molar-refractivity contribution is -0.138. The summed E-state index contributed by atoms with van der Waals surface area (Å²) in [7, 11) is 0. The van der Waals surface area contributed by atoms with E-state index in [1.54, 1.807) is 12.1 Å². The van der Waals surface area contributed by atoms with E-state index < -0.39 is 46.8 Å². The Bertz CT molecular complexity index is 1810. The number of esters is 1. The summed E-state index contributed by atoms with van der Waals surface area (Å²) >= 11 is 0. The van der Waals surface area contributed by atoms with Gasteiger partial charge in [-0.2, -0.15) is 18.3 Å². The fourth-order valence-corrected chi connectivity index (χ4v) is 4.84. The zero-order valence-corrected chi connectivity index (χ0v) is 24.9. The molecule has 16 heteroatoms. The number of halogens is 5. The van der Waals surface area contributed by atoms with Crippen LogP contribution in [0.1, 0.15) is 79.0 Å². The molecule has 252 valence electrons. The number of nitrogens with zero attached hydrogens (tertiary/aromatic N) is 3. The highest BCUT2D eigenvalue weighted by Crippen LogP contribution is 2.36. The predicted molar refractivity (Wildman–Crippen MR) is 165 cm³/mol. The van der Waals surface area contributed by atoms with Gasteiger partial charge in [-0.15, -0.1) is 12.4 Å². The van der Waals surface area contributed by atoms with Gasteiger partial charge in [0.25, 0.3) is 5.91 Å². The van der Waals surface area contributed by atoms with E-state index in [1.807, 2.05) is 6.92 Å². The molecule has 1 aliphatic rings. The number of nitrogens with one attached hydrogen (secondary N) is 1. The number of alkyl halides is 3. The fourth-order valence-electron chi connectivity index (χ4n) is 4.84. The maximum Gasteiger partial charge on any atom is 0.419 e. The minimum atomic E-state index is -4.53. The first-order chi connectivity index (χ1) is 21.3. The van der Waals surface area contributed by atoms with Crippen molar-refractivity contribution < 1.29 is 46.9 Å². The van der Waals surface area contributed by atoms with Crippen LogP contribution in [-0.2, 0) is 23.9 Å². The molecule has 5 rings (SSSR count). The molecule has 47 heavy (non-hydrogen) atoms. The van der Waals surface area contributed by atoms with Crippen molar-refractivity contribution in [3.05, 3.63) is 106 Å². The molecule has 2 aromatic carbocycles. The van der Waals surface area contributed by atoms with Crippen molar-refractivity contribution in [3.63, 3.8) is 0 Å². The molecule has 1 atom stereocenters. The van der Waals surface area contributed by atoms with Gasteiger partial charge in [0.15, 0.2) is 17.2 Å². The topological polar surface area (TPSA) is 169 Å². The van der Waals surface area contributed by atoms with E-state index in [-0.39, 0.29) is 50.4 Å². The highest BCUT2D eigenvalue weighted by atomic mass is 35.5. The minimum absolute atomic E-state index is 0. The fraction of sp³-hybridized carbons (Fsp3) is 0.258. The van der Waals surface area contributed by atoms with Crippen LogP contribution in [-0.4, -0.2) is 49.3 Å². The van der Waals surface area contributed by atoms with Crippen molar-refractivity contribution in [2.75, 3.05) is 6.61 Å². The van der Waals surface area contributed by atoms with Gasteiger partial charge >= 0.3 is 18.1 Å². The van der Waals surface area contributed by atoms with Crippen LogP contribution in [0.4, 0.5) is 17.6 Å². The molecule has 0 unspecified atom stereocenters. The molecule has 0 bridgehead atoms. The third-order valence-corrected chi connectivity index (χ3v) is 7.03. The second-order valence-electron chi connectivity index (χ2n) is 9.87. The highest BCUT2D eigenvalue weighted by molar-refractivity contribution is 5.96. The molecule has 0 saturated carbocycles. The molecule has 4 aromatic rings. The van der Waals surface area contributed by atoms with Crippen LogP contribution in [0.5, 0.6) is 5.75 Å². The van der Waals surface area contributed by atoms with E-state index in [2.05, 4.69) is 22.0 Å². The number of phenols is 1. The Kier molecular flexibility index (Phi) is 12.6. The van der Waals surface area contributed by atoms with E-state index in [0.717, 1.165) is 45.6 Å². The predicted octanol–water partition coefficient (Wildman–Crippen LogP) is 5.56. The number of ether oxygens (including phenoxy) is 1. The quantitative estimate of drug-likeness (QED) is 0.111. The number of aromatic hydroxyl groups is 1. The Labute approximate surface area is 272 Å².